The number of carbonyl (C=O) groups excluding carboxylic acids is 2. The van der Waals surface area contributed by atoms with Crippen molar-refractivity contribution >= 4 is 55.8 Å². The minimum absolute atomic E-state index is 0.0855. The maximum absolute atomic E-state index is 13.2. The molecule has 0 saturated heterocycles. The number of methoxy groups -OCH3 is 1. The van der Waals surface area contributed by atoms with Crippen molar-refractivity contribution in [3.63, 3.8) is 0 Å². The largest absolute Gasteiger partial charge is 0.465 e. The smallest absolute Gasteiger partial charge is 0.342 e. The summed E-state index contributed by atoms with van der Waals surface area (Å²) in [5.74, 6) is -1.32. The first-order valence-electron chi connectivity index (χ1n) is 8.60. The highest BCUT2D eigenvalue weighted by molar-refractivity contribution is 7.93. The van der Waals surface area contributed by atoms with E-state index in [4.69, 9.17) is 20.8 Å². The van der Waals surface area contributed by atoms with Crippen molar-refractivity contribution in [2.24, 2.45) is 0 Å². The summed E-state index contributed by atoms with van der Waals surface area (Å²) in [6.45, 7) is 2.56. The van der Waals surface area contributed by atoms with Crippen LogP contribution in [0.2, 0.25) is 5.02 Å². The first-order chi connectivity index (χ1) is 14.5. The Balaban J connectivity index is 2.22. The second-order valence-corrected chi connectivity index (χ2v) is 8.56. The summed E-state index contributed by atoms with van der Waals surface area (Å²) in [5, 5.41) is 11.1. The van der Waals surface area contributed by atoms with Crippen molar-refractivity contribution in [2.45, 2.75) is 18.7 Å². The van der Waals surface area contributed by atoms with E-state index in [1.54, 1.807) is 0 Å². The van der Waals surface area contributed by atoms with Gasteiger partial charge in [-0.25, -0.2) is 17.5 Å². The highest BCUT2D eigenvalue weighted by Gasteiger charge is 2.32. The molecule has 0 aliphatic heterocycles. The number of nitrogens with zero attached hydrogens (tertiary/aromatic N) is 2. The van der Waals surface area contributed by atoms with Gasteiger partial charge >= 0.3 is 5.97 Å². The molecule has 0 spiro atoms. The molecule has 0 fully saturated rings. The van der Waals surface area contributed by atoms with Crippen molar-refractivity contribution in [1.82, 2.24) is 0 Å². The predicted molar refractivity (Wildman–Crippen MR) is 111 cm³/mol. The number of halogens is 1. The average Bonchev–Trinajstić information content (AvgIpc) is 3.02. The van der Waals surface area contributed by atoms with Gasteiger partial charge in [-0.1, -0.05) is 11.6 Å². The standard InChI is InChI=1S/C19H15ClN2O8S/c1-10-18(19(24)29-3)14-8-12(4-7-17(14)30-10)21(11(2)23)31(27,28)13-5-6-15(20)16(9-13)22(25)26/h4-9H,1-3H3. The zero-order chi connectivity index (χ0) is 23.1. The summed E-state index contributed by atoms with van der Waals surface area (Å²) in [6.07, 6.45) is 0. The van der Waals surface area contributed by atoms with Gasteiger partial charge in [0, 0.05) is 18.4 Å². The number of rotatable bonds is 5. The molecule has 1 aromatic heterocycles. The van der Waals surface area contributed by atoms with Gasteiger partial charge in [0.25, 0.3) is 15.7 Å². The fourth-order valence-corrected chi connectivity index (χ4v) is 4.71. The van der Waals surface area contributed by atoms with Crippen LogP contribution in [0.15, 0.2) is 45.7 Å². The Morgan fingerprint density at radius 2 is 1.87 bits per heavy atom. The lowest BCUT2D eigenvalue weighted by atomic mass is 10.1. The third-order valence-corrected chi connectivity index (χ3v) is 6.53. The molecule has 162 valence electrons. The molecule has 0 radical (unpaired) electrons. The number of aryl methyl sites for hydroxylation is 1. The molecule has 0 aliphatic rings. The van der Waals surface area contributed by atoms with Crippen LogP contribution < -0.4 is 4.31 Å². The molecule has 0 atom stereocenters. The molecule has 0 unspecified atom stereocenters. The number of hydrogen-bond acceptors (Lipinski definition) is 8. The Morgan fingerprint density at radius 1 is 1.19 bits per heavy atom. The average molecular weight is 467 g/mol. The van der Waals surface area contributed by atoms with Gasteiger partial charge < -0.3 is 9.15 Å². The highest BCUT2D eigenvalue weighted by Crippen LogP contribution is 2.34. The quantitative estimate of drug-likeness (QED) is 0.314. The lowest BCUT2D eigenvalue weighted by molar-refractivity contribution is -0.384. The summed E-state index contributed by atoms with van der Waals surface area (Å²) in [4.78, 5) is 34.3. The Kier molecular flexibility index (Phi) is 5.74. The highest BCUT2D eigenvalue weighted by atomic mass is 35.5. The SMILES string of the molecule is COC(=O)c1c(C)oc2ccc(N(C(C)=O)S(=O)(=O)c3ccc(Cl)c([N+](=O)[O-])c3)cc12. The van der Waals surface area contributed by atoms with Gasteiger partial charge in [-0.05, 0) is 37.3 Å². The van der Waals surface area contributed by atoms with Crippen LogP contribution in [0.3, 0.4) is 0 Å². The molecule has 10 nitrogen and oxygen atoms in total. The number of carbonyl (C=O) groups is 2. The number of nitro groups is 1. The van der Waals surface area contributed by atoms with E-state index in [9.17, 15) is 28.1 Å². The Labute approximate surface area is 181 Å². The summed E-state index contributed by atoms with van der Waals surface area (Å²) in [7, 11) is -3.37. The lowest BCUT2D eigenvalue weighted by Crippen LogP contribution is -2.35. The Morgan fingerprint density at radius 3 is 2.45 bits per heavy atom. The van der Waals surface area contributed by atoms with Crippen LogP contribution in [0, 0.1) is 17.0 Å². The molecule has 0 bridgehead atoms. The number of benzene rings is 2. The fraction of sp³-hybridized carbons (Fsp3) is 0.158. The summed E-state index contributed by atoms with van der Waals surface area (Å²) < 4.78 is 37.1. The summed E-state index contributed by atoms with van der Waals surface area (Å²) in [6, 6.07) is 6.90. The van der Waals surface area contributed by atoms with E-state index in [-0.39, 0.29) is 33.0 Å². The van der Waals surface area contributed by atoms with E-state index in [2.05, 4.69) is 0 Å². The number of nitro benzene ring substituents is 1. The second kappa shape index (κ2) is 8.00. The van der Waals surface area contributed by atoms with Gasteiger partial charge in [-0.3, -0.25) is 14.9 Å². The van der Waals surface area contributed by atoms with E-state index in [1.165, 1.54) is 32.2 Å². The van der Waals surface area contributed by atoms with Gasteiger partial charge in [0.15, 0.2) is 0 Å². The van der Waals surface area contributed by atoms with Crippen molar-refractivity contribution < 1.29 is 32.1 Å². The molecule has 0 saturated carbocycles. The summed E-state index contributed by atoms with van der Waals surface area (Å²) >= 11 is 5.76. The number of fused-ring (bicyclic) bond motifs is 1. The van der Waals surface area contributed by atoms with E-state index in [0.29, 0.717) is 4.31 Å². The van der Waals surface area contributed by atoms with Crippen LogP contribution >= 0.6 is 11.6 Å². The van der Waals surface area contributed by atoms with Crippen LogP contribution in [0.4, 0.5) is 11.4 Å². The van der Waals surface area contributed by atoms with Gasteiger partial charge in [0.1, 0.15) is 21.9 Å². The van der Waals surface area contributed by atoms with Crippen LogP contribution in [0.25, 0.3) is 11.0 Å². The minimum Gasteiger partial charge on any atom is -0.465 e. The monoisotopic (exact) mass is 466 g/mol. The van der Waals surface area contributed by atoms with Gasteiger partial charge in [0.05, 0.1) is 22.6 Å². The maximum Gasteiger partial charge on any atom is 0.342 e. The number of esters is 1. The number of ether oxygens (including phenoxy) is 1. The van der Waals surface area contributed by atoms with Crippen LogP contribution in [0.1, 0.15) is 23.0 Å². The van der Waals surface area contributed by atoms with Crippen molar-refractivity contribution in [3.05, 3.63) is 62.9 Å². The third-order valence-electron chi connectivity index (χ3n) is 4.41. The van der Waals surface area contributed by atoms with Crippen molar-refractivity contribution in [3.8, 4) is 0 Å². The zero-order valence-electron chi connectivity index (χ0n) is 16.4. The molecule has 0 N–H and O–H groups in total. The first kappa shape index (κ1) is 22.2. The second-order valence-electron chi connectivity index (χ2n) is 6.36. The molecular formula is C19H15ClN2O8S. The minimum atomic E-state index is -4.55. The fourth-order valence-electron chi connectivity index (χ4n) is 3.08. The number of sulfonamides is 1. The lowest BCUT2D eigenvalue weighted by Gasteiger charge is -2.21. The first-order valence-corrected chi connectivity index (χ1v) is 10.4. The van der Waals surface area contributed by atoms with E-state index < -0.39 is 37.4 Å². The molecule has 0 aliphatic carbocycles. The molecule has 3 rings (SSSR count). The van der Waals surface area contributed by atoms with Crippen molar-refractivity contribution in [1.29, 1.82) is 0 Å². The maximum atomic E-state index is 13.2. The molecule has 2 aromatic carbocycles. The Bertz CT molecular complexity index is 1350. The number of anilines is 1. The number of amides is 1. The topological polar surface area (TPSA) is 137 Å². The van der Waals surface area contributed by atoms with Gasteiger partial charge in [0.2, 0.25) is 5.91 Å². The van der Waals surface area contributed by atoms with E-state index in [0.717, 1.165) is 25.1 Å². The normalized spacial score (nSPS) is 11.4. The van der Waals surface area contributed by atoms with Crippen LogP contribution in [-0.2, 0) is 19.6 Å². The summed E-state index contributed by atoms with van der Waals surface area (Å²) in [5.41, 5.74) is -0.351. The van der Waals surface area contributed by atoms with Gasteiger partial charge in [-0.15, -0.1) is 0 Å². The van der Waals surface area contributed by atoms with Crippen LogP contribution in [-0.4, -0.2) is 32.3 Å². The predicted octanol–water partition coefficient (Wildman–Crippen LogP) is 3.83. The zero-order valence-corrected chi connectivity index (χ0v) is 18.0. The van der Waals surface area contributed by atoms with Crippen molar-refractivity contribution in [2.75, 3.05) is 11.4 Å². The molecule has 12 heteroatoms. The Hall–Kier alpha value is -3.44. The van der Waals surface area contributed by atoms with Crippen LogP contribution in [0.5, 0.6) is 0 Å². The number of hydrogen-bond donors (Lipinski definition) is 0. The third kappa shape index (κ3) is 3.84. The van der Waals surface area contributed by atoms with E-state index >= 15 is 0 Å². The molecule has 1 amide bonds. The van der Waals surface area contributed by atoms with E-state index in [1.807, 2.05) is 0 Å². The number of furan rings is 1. The van der Waals surface area contributed by atoms with Gasteiger partial charge in [-0.2, -0.15) is 0 Å². The molecule has 3 aromatic rings. The molecule has 1 heterocycles. The molecular weight excluding hydrogens is 452 g/mol. The molecule has 31 heavy (non-hydrogen) atoms.